The molecule has 1 atom stereocenters. The molecule has 2 heterocycles. The number of hydrogen-bond acceptors (Lipinski definition) is 6. The van der Waals surface area contributed by atoms with Crippen molar-refractivity contribution in [3.8, 4) is 0 Å². The molecule has 0 fully saturated rings. The first-order valence-corrected chi connectivity index (χ1v) is 12.2. The number of hydrogen-bond donors (Lipinski definition) is 2. The van der Waals surface area contributed by atoms with Crippen LogP contribution in [-0.4, -0.2) is 34.6 Å². The second-order valence-electron chi connectivity index (χ2n) is 7.86. The van der Waals surface area contributed by atoms with Crippen molar-refractivity contribution >= 4 is 52.5 Å². The normalized spacial score (nSPS) is 16.7. The fourth-order valence-electron chi connectivity index (χ4n) is 2.96. The molecule has 35 heavy (non-hydrogen) atoms. The van der Waals surface area contributed by atoms with Gasteiger partial charge in [0.15, 0.2) is 5.78 Å². The Labute approximate surface area is 208 Å². The molecular formula is C24H22F3N3O3S2. The standard InChI is InChI=1S/C24H22F3N3O3S2/c1-13(2)28-22(32)19-10-11-20(35-19)23(33)30-29-14(3)17-12-34-18(21(17)31)9-6-15-4-7-16(8-5-15)24(25,26)27/h4-13,18H,1-3H3,(H,28,32)(H,30,33)/b9-6+,29-14+. The number of hydrazone groups is 1. The zero-order chi connectivity index (χ0) is 25.8. The molecule has 0 spiro atoms. The van der Waals surface area contributed by atoms with Crippen LogP contribution < -0.4 is 10.7 Å². The van der Waals surface area contributed by atoms with Gasteiger partial charge in [0.25, 0.3) is 11.8 Å². The van der Waals surface area contributed by atoms with Crippen LogP contribution in [0.4, 0.5) is 13.2 Å². The maximum absolute atomic E-state index is 12.7. The predicted molar refractivity (Wildman–Crippen MR) is 132 cm³/mol. The minimum absolute atomic E-state index is 0.0298. The lowest BCUT2D eigenvalue weighted by Crippen LogP contribution is -2.29. The second-order valence-corrected chi connectivity index (χ2v) is 9.96. The molecule has 11 heteroatoms. The Morgan fingerprint density at radius 3 is 2.29 bits per heavy atom. The number of amides is 2. The van der Waals surface area contributed by atoms with Gasteiger partial charge in [-0.25, -0.2) is 5.43 Å². The van der Waals surface area contributed by atoms with Crippen LogP contribution in [0.5, 0.6) is 0 Å². The van der Waals surface area contributed by atoms with Crippen molar-refractivity contribution in [3.05, 3.63) is 74.3 Å². The zero-order valence-corrected chi connectivity index (χ0v) is 20.6. The summed E-state index contributed by atoms with van der Waals surface area (Å²) in [5.74, 6) is -0.995. The van der Waals surface area contributed by atoms with Gasteiger partial charge in [-0.3, -0.25) is 14.4 Å². The lowest BCUT2D eigenvalue weighted by molar-refractivity contribution is -0.137. The topological polar surface area (TPSA) is 87.6 Å². The molecule has 6 nitrogen and oxygen atoms in total. The van der Waals surface area contributed by atoms with Crippen LogP contribution in [-0.2, 0) is 11.0 Å². The van der Waals surface area contributed by atoms with Crippen molar-refractivity contribution in [3.63, 3.8) is 0 Å². The molecule has 2 N–H and O–H groups in total. The molecular weight excluding hydrogens is 499 g/mol. The molecule has 1 aliphatic heterocycles. The molecule has 2 aromatic rings. The van der Waals surface area contributed by atoms with E-state index in [0.29, 0.717) is 26.6 Å². The number of thioether (sulfide) groups is 1. The fraction of sp³-hybridized carbons (Fsp3) is 0.250. The van der Waals surface area contributed by atoms with Crippen molar-refractivity contribution < 1.29 is 27.6 Å². The third-order valence-corrected chi connectivity index (χ3v) is 6.87. The van der Waals surface area contributed by atoms with Gasteiger partial charge < -0.3 is 5.32 Å². The van der Waals surface area contributed by atoms with E-state index >= 15 is 0 Å². The van der Waals surface area contributed by atoms with Gasteiger partial charge in [-0.05, 0) is 56.0 Å². The second kappa shape index (κ2) is 11.0. The summed E-state index contributed by atoms with van der Waals surface area (Å²) in [6.07, 6.45) is -1.20. The summed E-state index contributed by atoms with van der Waals surface area (Å²) in [5, 5.41) is 7.85. The zero-order valence-electron chi connectivity index (χ0n) is 19.0. The number of ketones is 1. The number of alkyl halides is 3. The third-order valence-electron chi connectivity index (χ3n) is 4.75. The Kier molecular flexibility index (Phi) is 8.34. The van der Waals surface area contributed by atoms with E-state index in [9.17, 15) is 27.6 Å². The average molecular weight is 522 g/mol. The quantitative estimate of drug-likeness (QED) is 0.383. The summed E-state index contributed by atoms with van der Waals surface area (Å²) in [5.41, 5.74) is 2.84. The molecule has 0 aliphatic carbocycles. The van der Waals surface area contributed by atoms with Crippen LogP contribution in [0.2, 0.25) is 0 Å². The first-order chi connectivity index (χ1) is 16.5. The smallest absolute Gasteiger partial charge is 0.349 e. The number of Topliss-reactive ketones (excluding diaryl/α,β-unsaturated/α-hetero) is 1. The number of thiophene rings is 1. The van der Waals surface area contributed by atoms with Crippen molar-refractivity contribution in [2.75, 3.05) is 0 Å². The van der Waals surface area contributed by atoms with Gasteiger partial charge >= 0.3 is 6.18 Å². The highest BCUT2D eigenvalue weighted by atomic mass is 32.2. The molecule has 0 radical (unpaired) electrons. The number of benzene rings is 1. The van der Waals surface area contributed by atoms with E-state index in [0.717, 1.165) is 23.5 Å². The van der Waals surface area contributed by atoms with Gasteiger partial charge in [-0.2, -0.15) is 18.3 Å². The summed E-state index contributed by atoms with van der Waals surface area (Å²) in [6, 6.07) is 7.70. The van der Waals surface area contributed by atoms with E-state index in [1.54, 1.807) is 30.6 Å². The monoisotopic (exact) mass is 521 g/mol. The van der Waals surface area contributed by atoms with Crippen molar-refractivity contribution in [2.45, 2.75) is 38.2 Å². The number of carbonyl (C=O) groups is 3. The van der Waals surface area contributed by atoms with E-state index < -0.39 is 22.9 Å². The lowest BCUT2D eigenvalue weighted by Gasteiger charge is -2.06. The molecule has 3 rings (SSSR count). The Bertz CT molecular complexity index is 1210. The highest BCUT2D eigenvalue weighted by Crippen LogP contribution is 2.31. The van der Waals surface area contributed by atoms with E-state index in [4.69, 9.17) is 0 Å². The van der Waals surface area contributed by atoms with Crippen LogP contribution in [0, 0.1) is 0 Å². The third kappa shape index (κ3) is 6.92. The van der Waals surface area contributed by atoms with E-state index in [-0.39, 0.29) is 17.7 Å². The minimum atomic E-state index is -4.40. The first kappa shape index (κ1) is 26.4. The highest BCUT2D eigenvalue weighted by molar-refractivity contribution is 8.04. The maximum atomic E-state index is 12.7. The Morgan fingerprint density at radius 1 is 1.06 bits per heavy atom. The number of allylic oxidation sites excluding steroid dienone is 1. The summed E-state index contributed by atoms with van der Waals surface area (Å²) in [6.45, 7) is 5.26. The van der Waals surface area contributed by atoms with Crippen LogP contribution in [0.3, 0.4) is 0 Å². The van der Waals surface area contributed by atoms with Gasteiger partial charge in [-0.1, -0.05) is 24.3 Å². The molecule has 0 saturated carbocycles. The number of halogens is 3. The van der Waals surface area contributed by atoms with Gasteiger partial charge in [0.05, 0.1) is 26.3 Å². The maximum Gasteiger partial charge on any atom is 0.416 e. The lowest BCUT2D eigenvalue weighted by atomic mass is 10.1. The first-order valence-electron chi connectivity index (χ1n) is 10.5. The molecule has 0 saturated heterocycles. The van der Waals surface area contributed by atoms with Crippen LogP contribution in [0.1, 0.15) is 51.2 Å². The largest absolute Gasteiger partial charge is 0.416 e. The van der Waals surface area contributed by atoms with E-state index in [1.807, 2.05) is 13.8 Å². The summed E-state index contributed by atoms with van der Waals surface area (Å²) < 4.78 is 38.0. The van der Waals surface area contributed by atoms with Crippen molar-refractivity contribution in [1.82, 2.24) is 10.7 Å². The highest BCUT2D eigenvalue weighted by Gasteiger charge is 2.30. The molecule has 184 valence electrons. The summed E-state index contributed by atoms with van der Waals surface area (Å²) in [7, 11) is 0. The van der Waals surface area contributed by atoms with Crippen molar-refractivity contribution in [1.29, 1.82) is 0 Å². The predicted octanol–water partition coefficient (Wildman–Crippen LogP) is 5.29. The van der Waals surface area contributed by atoms with Crippen molar-refractivity contribution in [2.24, 2.45) is 5.10 Å². The van der Waals surface area contributed by atoms with Gasteiger partial charge in [0.1, 0.15) is 0 Å². The Balaban J connectivity index is 1.58. The van der Waals surface area contributed by atoms with E-state index in [2.05, 4.69) is 15.8 Å². The molecule has 1 unspecified atom stereocenters. The number of rotatable bonds is 7. The molecule has 0 bridgehead atoms. The molecule has 1 aromatic carbocycles. The Morgan fingerprint density at radius 2 is 1.69 bits per heavy atom. The number of nitrogens with zero attached hydrogens (tertiary/aromatic N) is 1. The fourth-order valence-corrected chi connectivity index (χ4v) is 4.75. The van der Waals surface area contributed by atoms with Gasteiger partial charge in [0.2, 0.25) is 0 Å². The number of nitrogens with one attached hydrogen (secondary N) is 2. The van der Waals surface area contributed by atoms with Crippen LogP contribution in [0.15, 0.2) is 58.6 Å². The van der Waals surface area contributed by atoms with E-state index in [1.165, 1.54) is 30.0 Å². The summed E-state index contributed by atoms with van der Waals surface area (Å²) in [4.78, 5) is 37.8. The molecule has 1 aliphatic rings. The summed E-state index contributed by atoms with van der Waals surface area (Å²) >= 11 is 2.27. The SMILES string of the molecule is C/C(=N\NC(=O)c1ccc(C(=O)NC(C)C)s1)C1=CSC(/C=C/c2ccc(C(F)(F)F)cc2)C1=O. The van der Waals surface area contributed by atoms with Gasteiger partial charge in [0, 0.05) is 11.6 Å². The van der Waals surface area contributed by atoms with Crippen LogP contribution >= 0.6 is 23.1 Å². The Hall–Kier alpha value is -3.18. The number of carbonyl (C=O) groups excluding carboxylic acids is 3. The molecule has 1 aromatic heterocycles. The van der Waals surface area contributed by atoms with Gasteiger partial charge in [-0.15, -0.1) is 23.1 Å². The molecule has 2 amide bonds. The minimum Gasteiger partial charge on any atom is -0.349 e. The van der Waals surface area contributed by atoms with Crippen LogP contribution in [0.25, 0.3) is 6.08 Å². The average Bonchev–Trinajstić information content (AvgIpc) is 3.42.